The fourth-order valence-corrected chi connectivity index (χ4v) is 4.88. The van der Waals surface area contributed by atoms with Gasteiger partial charge < -0.3 is 14.7 Å². The van der Waals surface area contributed by atoms with Crippen molar-refractivity contribution in [3.63, 3.8) is 0 Å². The van der Waals surface area contributed by atoms with Crippen molar-refractivity contribution in [2.75, 3.05) is 13.1 Å². The summed E-state index contributed by atoms with van der Waals surface area (Å²) in [5.74, 6) is 0.190. The maximum atomic E-state index is 13.4. The molecule has 198 valence electrons. The molecule has 10 heteroatoms. The Morgan fingerprint density at radius 3 is 2.50 bits per heavy atom. The minimum atomic E-state index is -4.77. The van der Waals surface area contributed by atoms with Gasteiger partial charge in [0.05, 0.1) is 17.6 Å². The molecule has 1 N–H and O–H groups in total. The van der Waals surface area contributed by atoms with E-state index >= 15 is 0 Å². The van der Waals surface area contributed by atoms with Crippen LogP contribution in [0.25, 0.3) is 16.7 Å². The molecule has 1 fully saturated rings. The summed E-state index contributed by atoms with van der Waals surface area (Å²) in [6.07, 6.45) is -1.01. The summed E-state index contributed by atoms with van der Waals surface area (Å²) in [7, 11) is 0. The zero-order valence-corrected chi connectivity index (χ0v) is 21.2. The van der Waals surface area contributed by atoms with Crippen molar-refractivity contribution in [2.24, 2.45) is 0 Å². The fraction of sp³-hybridized carbons (Fsp3) is 0.321. The smallest absolute Gasteiger partial charge is 0.406 e. The number of hydrogen-bond acceptors (Lipinski definition) is 5. The zero-order valence-electron chi connectivity index (χ0n) is 21.2. The van der Waals surface area contributed by atoms with E-state index < -0.39 is 12.0 Å². The molecule has 0 spiro atoms. The van der Waals surface area contributed by atoms with Gasteiger partial charge in [-0.2, -0.15) is 0 Å². The molecule has 0 radical (unpaired) electrons. The summed E-state index contributed by atoms with van der Waals surface area (Å²) in [6, 6.07) is 12.7. The molecule has 38 heavy (non-hydrogen) atoms. The topological polar surface area (TPSA) is 80.5 Å². The van der Waals surface area contributed by atoms with E-state index in [2.05, 4.69) is 9.72 Å². The Morgan fingerprint density at radius 2 is 1.84 bits per heavy atom. The van der Waals surface area contributed by atoms with Crippen LogP contribution in [-0.4, -0.2) is 49.9 Å². The van der Waals surface area contributed by atoms with Gasteiger partial charge in [-0.3, -0.25) is 14.3 Å². The Balaban J connectivity index is 1.44. The van der Waals surface area contributed by atoms with Crippen molar-refractivity contribution in [2.45, 2.75) is 45.1 Å². The SMILES string of the molecule is Cc1cncc(C2(O)CCN(C(=O)c3ccc4c(c3)nc(C(C)C)n4-c3ccc(OC(F)(F)F)cc3)C2)c1. The van der Waals surface area contributed by atoms with E-state index in [9.17, 15) is 23.1 Å². The lowest BCUT2D eigenvalue weighted by Crippen LogP contribution is -2.34. The molecule has 0 bridgehead atoms. The number of halogens is 3. The Morgan fingerprint density at radius 1 is 1.11 bits per heavy atom. The highest BCUT2D eigenvalue weighted by Crippen LogP contribution is 2.34. The van der Waals surface area contributed by atoms with Crippen LogP contribution in [0.15, 0.2) is 60.9 Å². The van der Waals surface area contributed by atoms with E-state index in [1.807, 2.05) is 31.4 Å². The van der Waals surface area contributed by atoms with E-state index in [0.29, 0.717) is 41.1 Å². The lowest BCUT2D eigenvalue weighted by molar-refractivity contribution is -0.274. The van der Waals surface area contributed by atoms with Crippen LogP contribution in [0.5, 0.6) is 5.75 Å². The summed E-state index contributed by atoms with van der Waals surface area (Å²) in [5, 5.41) is 11.2. The third-order valence-corrected chi connectivity index (χ3v) is 6.72. The number of ether oxygens (including phenoxy) is 1. The van der Waals surface area contributed by atoms with Gasteiger partial charge in [0.15, 0.2) is 0 Å². The predicted octanol–water partition coefficient (Wildman–Crippen LogP) is 5.48. The minimum Gasteiger partial charge on any atom is -0.406 e. The number of imidazole rings is 1. The van der Waals surface area contributed by atoms with Crippen LogP contribution in [0.2, 0.25) is 0 Å². The zero-order chi connectivity index (χ0) is 27.2. The van der Waals surface area contributed by atoms with Crippen molar-refractivity contribution in [1.82, 2.24) is 19.4 Å². The number of alkyl halides is 3. The van der Waals surface area contributed by atoms with Gasteiger partial charge in [0.2, 0.25) is 0 Å². The van der Waals surface area contributed by atoms with Crippen LogP contribution in [0, 0.1) is 6.92 Å². The highest BCUT2D eigenvalue weighted by Gasteiger charge is 2.40. The minimum absolute atomic E-state index is 0.00387. The van der Waals surface area contributed by atoms with Gasteiger partial charge in [-0.1, -0.05) is 19.9 Å². The normalized spacial score (nSPS) is 17.9. The molecule has 1 saturated heterocycles. The first-order valence-electron chi connectivity index (χ1n) is 12.3. The number of benzene rings is 2. The molecule has 2 aromatic carbocycles. The number of aromatic nitrogens is 3. The first kappa shape index (κ1) is 25.7. The summed E-state index contributed by atoms with van der Waals surface area (Å²) >= 11 is 0. The lowest BCUT2D eigenvalue weighted by atomic mass is 9.94. The van der Waals surface area contributed by atoms with E-state index in [1.165, 1.54) is 12.1 Å². The molecule has 7 nitrogen and oxygen atoms in total. The number of amides is 1. The van der Waals surface area contributed by atoms with Gasteiger partial charge in [0.1, 0.15) is 17.2 Å². The molecule has 1 aliphatic rings. The van der Waals surface area contributed by atoms with Crippen LogP contribution in [0.4, 0.5) is 13.2 Å². The Hall–Kier alpha value is -3.92. The third-order valence-electron chi connectivity index (χ3n) is 6.72. The molecule has 1 amide bonds. The molecule has 0 aliphatic carbocycles. The van der Waals surface area contributed by atoms with Crippen LogP contribution < -0.4 is 4.74 Å². The number of carbonyl (C=O) groups excluding carboxylic acids is 1. The van der Waals surface area contributed by atoms with Gasteiger partial charge in [0.25, 0.3) is 5.91 Å². The number of rotatable bonds is 5. The van der Waals surface area contributed by atoms with Crippen molar-refractivity contribution >= 4 is 16.9 Å². The van der Waals surface area contributed by atoms with Crippen molar-refractivity contribution < 1.29 is 27.8 Å². The van der Waals surface area contributed by atoms with E-state index in [-0.39, 0.29) is 24.1 Å². The molecule has 4 aromatic rings. The number of fused-ring (bicyclic) bond motifs is 1. The second kappa shape index (κ2) is 9.43. The number of β-amino-alcohol motifs (C(OH)–C–C–N with tert-alkyl or cyclic N) is 1. The average molecular weight is 525 g/mol. The number of aliphatic hydroxyl groups is 1. The highest BCUT2D eigenvalue weighted by molar-refractivity contribution is 5.98. The van der Waals surface area contributed by atoms with Crippen molar-refractivity contribution in [3.05, 3.63) is 83.4 Å². The van der Waals surface area contributed by atoms with Gasteiger partial charge >= 0.3 is 6.36 Å². The molecule has 2 aromatic heterocycles. The van der Waals surface area contributed by atoms with Crippen LogP contribution in [-0.2, 0) is 5.60 Å². The average Bonchev–Trinajstić information content (AvgIpc) is 3.45. The molecule has 1 unspecified atom stereocenters. The van der Waals surface area contributed by atoms with Gasteiger partial charge in [-0.05, 0) is 61.4 Å². The number of carbonyl (C=O) groups is 1. The summed E-state index contributed by atoms with van der Waals surface area (Å²) in [6.45, 7) is 6.40. The van der Waals surface area contributed by atoms with Crippen LogP contribution in [0.3, 0.4) is 0 Å². The number of likely N-dealkylation sites (tertiary alicyclic amines) is 1. The van der Waals surface area contributed by atoms with Crippen molar-refractivity contribution in [3.8, 4) is 11.4 Å². The number of pyridine rings is 1. The second-order valence-corrected chi connectivity index (χ2v) is 9.96. The van der Waals surface area contributed by atoms with Crippen LogP contribution >= 0.6 is 0 Å². The molecule has 5 rings (SSSR count). The van der Waals surface area contributed by atoms with E-state index in [4.69, 9.17) is 4.98 Å². The Bertz CT molecular complexity index is 1500. The maximum absolute atomic E-state index is 13.4. The van der Waals surface area contributed by atoms with Gasteiger partial charge in [0, 0.05) is 41.7 Å². The quantitative estimate of drug-likeness (QED) is 0.374. The largest absolute Gasteiger partial charge is 0.573 e. The Labute approximate surface area is 217 Å². The summed E-state index contributed by atoms with van der Waals surface area (Å²) < 4.78 is 43.6. The van der Waals surface area contributed by atoms with Gasteiger partial charge in [-0.15, -0.1) is 13.2 Å². The molecule has 0 saturated carbocycles. The first-order valence-corrected chi connectivity index (χ1v) is 12.3. The Kier molecular flexibility index (Phi) is 6.38. The summed E-state index contributed by atoms with van der Waals surface area (Å²) in [5.41, 5.74) is 2.85. The number of hydrogen-bond donors (Lipinski definition) is 1. The monoisotopic (exact) mass is 524 g/mol. The van der Waals surface area contributed by atoms with E-state index in [1.54, 1.807) is 47.6 Å². The molecule has 1 aliphatic heterocycles. The molecular formula is C28H27F3N4O3. The molecular weight excluding hydrogens is 497 g/mol. The standard InChI is InChI=1S/C28H27F3N4O3/c1-17(2)25-33-23-13-19(26(36)34-11-10-27(37,16-34)20-12-18(3)14-32-15-20)4-9-24(23)35(25)21-5-7-22(8-6-21)38-28(29,30)31/h4-9,12-15,17,37H,10-11,16H2,1-3H3. The van der Waals surface area contributed by atoms with E-state index in [0.717, 1.165) is 11.1 Å². The van der Waals surface area contributed by atoms with Crippen LogP contribution in [0.1, 0.15) is 53.5 Å². The summed E-state index contributed by atoms with van der Waals surface area (Å²) in [4.78, 5) is 23.9. The molecule has 3 heterocycles. The third kappa shape index (κ3) is 4.96. The first-order chi connectivity index (χ1) is 17.9. The van der Waals surface area contributed by atoms with Crippen molar-refractivity contribution in [1.29, 1.82) is 0 Å². The number of nitrogens with zero attached hydrogens (tertiary/aromatic N) is 4. The number of aryl methyl sites for hydroxylation is 1. The second-order valence-electron chi connectivity index (χ2n) is 9.96. The predicted molar refractivity (Wildman–Crippen MR) is 135 cm³/mol. The highest BCUT2D eigenvalue weighted by atomic mass is 19.4. The lowest BCUT2D eigenvalue weighted by Gasteiger charge is -2.24. The van der Waals surface area contributed by atoms with Gasteiger partial charge in [-0.25, -0.2) is 4.98 Å². The molecule has 1 atom stereocenters. The maximum Gasteiger partial charge on any atom is 0.573 e. The fourth-order valence-electron chi connectivity index (χ4n) is 4.88.